The molecule has 1 heterocycles. The third-order valence-electron chi connectivity index (χ3n) is 3.96. The predicted molar refractivity (Wildman–Crippen MR) is 104 cm³/mol. The zero-order valence-corrected chi connectivity index (χ0v) is 15.7. The van der Waals surface area contributed by atoms with Gasteiger partial charge in [-0.3, -0.25) is 4.72 Å². The van der Waals surface area contributed by atoms with Gasteiger partial charge in [-0.15, -0.1) is 11.3 Å². The van der Waals surface area contributed by atoms with Crippen LogP contribution in [0.2, 0.25) is 0 Å². The second kappa shape index (κ2) is 7.00. The molecule has 3 rings (SSSR count). The third kappa shape index (κ3) is 3.92. The van der Waals surface area contributed by atoms with E-state index in [0.29, 0.717) is 12.2 Å². The molecule has 25 heavy (non-hydrogen) atoms. The molecule has 4 nitrogen and oxygen atoms in total. The van der Waals surface area contributed by atoms with E-state index in [1.165, 1.54) is 0 Å². The zero-order chi connectivity index (χ0) is 18.0. The lowest BCUT2D eigenvalue weighted by atomic mass is 10.1. The minimum absolute atomic E-state index is 0.254. The van der Waals surface area contributed by atoms with E-state index in [1.807, 2.05) is 44.2 Å². The summed E-state index contributed by atoms with van der Waals surface area (Å²) in [7, 11) is -3.62. The highest BCUT2D eigenvalue weighted by Gasteiger charge is 2.16. The van der Waals surface area contributed by atoms with Crippen LogP contribution in [0.25, 0.3) is 10.4 Å². The number of anilines is 1. The number of rotatable bonds is 5. The molecule has 0 saturated heterocycles. The van der Waals surface area contributed by atoms with Crippen LogP contribution in [-0.4, -0.2) is 8.42 Å². The molecule has 0 aliphatic rings. The molecule has 3 N–H and O–H groups in total. The molecule has 130 valence electrons. The highest BCUT2D eigenvalue weighted by molar-refractivity contribution is 7.92. The lowest BCUT2D eigenvalue weighted by Crippen LogP contribution is -2.13. The molecule has 6 heteroatoms. The number of benzene rings is 2. The number of sulfonamides is 1. The standard InChI is InChI=1S/C19H20N2O2S2/c1-13-3-8-17(9-4-13)25(22,23)21-18-11-15(6-5-14(18)2)19-10-7-16(12-20)24-19/h3-11,21H,12,20H2,1-2H3. The van der Waals surface area contributed by atoms with Crippen molar-refractivity contribution in [3.05, 3.63) is 70.6 Å². The van der Waals surface area contributed by atoms with E-state index in [0.717, 1.165) is 26.4 Å². The van der Waals surface area contributed by atoms with E-state index in [1.54, 1.807) is 35.6 Å². The number of hydrogen-bond acceptors (Lipinski definition) is 4. The minimum atomic E-state index is -3.62. The van der Waals surface area contributed by atoms with Crippen molar-refractivity contribution < 1.29 is 8.42 Å². The van der Waals surface area contributed by atoms with Crippen LogP contribution < -0.4 is 10.5 Å². The normalized spacial score (nSPS) is 11.5. The van der Waals surface area contributed by atoms with Crippen molar-refractivity contribution in [2.24, 2.45) is 5.73 Å². The van der Waals surface area contributed by atoms with E-state index in [4.69, 9.17) is 5.73 Å². The average molecular weight is 373 g/mol. The van der Waals surface area contributed by atoms with Crippen molar-refractivity contribution in [2.75, 3.05) is 4.72 Å². The summed E-state index contributed by atoms with van der Waals surface area (Å²) < 4.78 is 28.0. The Balaban J connectivity index is 1.94. The summed E-state index contributed by atoms with van der Waals surface area (Å²) in [5, 5.41) is 0. The van der Waals surface area contributed by atoms with Gasteiger partial charge in [-0.05, 0) is 55.3 Å². The SMILES string of the molecule is Cc1ccc(S(=O)(=O)Nc2cc(-c3ccc(CN)s3)ccc2C)cc1. The molecule has 2 aromatic carbocycles. The van der Waals surface area contributed by atoms with Crippen molar-refractivity contribution in [2.45, 2.75) is 25.3 Å². The Morgan fingerprint density at radius 3 is 2.36 bits per heavy atom. The molecule has 0 spiro atoms. The van der Waals surface area contributed by atoms with Crippen molar-refractivity contribution >= 4 is 27.0 Å². The van der Waals surface area contributed by atoms with E-state index in [9.17, 15) is 8.42 Å². The van der Waals surface area contributed by atoms with Gasteiger partial charge in [0, 0.05) is 16.3 Å². The number of thiophene rings is 1. The lowest BCUT2D eigenvalue weighted by Gasteiger charge is -2.12. The van der Waals surface area contributed by atoms with Crippen molar-refractivity contribution in [1.29, 1.82) is 0 Å². The summed E-state index contributed by atoms with van der Waals surface area (Å²) in [5.74, 6) is 0. The second-order valence-electron chi connectivity index (χ2n) is 5.92. The summed E-state index contributed by atoms with van der Waals surface area (Å²) in [5.41, 5.74) is 9.12. The first kappa shape index (κ1) is 17.7. The Kier molecular flexibility index (Phi) is 4.94. The Morgan fingerprint density at radius 1 is 1.00 bits per heavy atom. The van der Waals surface area contributed by atoms with Gasteiger partial charge in [-0.25, -0.2) is 8.42 Å². The summed E-state index contributed by atoms with van der Waals surface area (Å²) in [6.07, 6.45) is 0. The Bertz CT molecular complexity index is 991. The Hall–Kier alpha value is -2.15. The van der Waals surface area contributed by atoms with Crippen LogP contribution >= 0.6 is 11.3 Å². The number of nitrogens with two attached hydrogens (primary N) is 1. The first-order chi connectivity index (χ1) is 11.9. The maximum absolute atomic E-state index is 12.6. The van der Waals surface area contributed by atoms with Crippen LogP contribution in [0.5, 0.6) is 0 Å². The lowest BCUT2D eigenvalue weighted by molar-refractivity contribution is 0.601. The summed E-state index contributed by atoms with van der Waals surface area (Å²) in [6.45, 7) is 4.31. The van der Waals surface area contributed by atoms with Gasteiger partial charge in [0.1, 0.15) is 0 Å². The van der Waals surface area contributed by atoms with E-state index in [-0.39, 0.29) is 4.90 Å². The van der Waals surface area contributed by atoms with Gasteiger partial charge in [-0.2, -0.15) is 0 Å². The maximum atomic E-state index is 12.6. The van der Waals surface area contributed by atoms with Crippen LogP contribution in [0.1, 0.15) is 16.0 Å². The molecule has 0 aliphatic carbocycles. The van der Waals surface area contributed by atoms with E-state index >= 15 is 0 Å². The third-order valence-corrected chi connectivity index (χ3v) is 6.50. The van der Waals surface area contributed by atoms with Crippen LogP contribution in [0.15, 0.2) is 59.5 Å². The predicted octanol–water partition coefficient (Wildman–Crippen LogP) is 4.29. The van der Waals surface area contributed by atoms with E-state index < -0.39 is 10.0 Å². The van der Waals surface area contributed by atoms with Crippen LogP contribution in [0, 0.1) is 13.8 Å². The van der Waals surface area contributed by atoms with Crippen molar-refractivity contribution in [3.8, 4) is 10.4 Å². The highest BCUT2D eigenvalue weighted by atomic mass is 32.2. The minimum Gasteiger partial charge on any atom is -0.326 e. The van der Waals surface area contributed by atoms with Gasteiger partial charge in [-0.1, -0.05) is 29.8 Å². The summed E-state index contributed by atoms with van der Waals surface area (Å²) >= 11 is 1.61. The fraction of sp³-hybridized carbons (Fsp3) is 0.158. The summed E-state index contributed by atoms with van der Waals surface area (Å²) in [4.78, 5) is 2.41. The molecule has 0 atom stereocenters. The molecule has 3 aromatic rings. The van der Waals surface area contributed by atoms with Crippen LogP contribution in [-0.2, 0) is 16.6 Å². The number of nitrogens with one attached hydrogen (secondary N) is 1. The molecular formula is C19H20N2O2S2. The smallest absolute Gasteiger partial charge is 0.261 e. The molecule has 0 saturated carbocycles. The summed E-state index contributed by atoms with van der Waals surface area (Å²) in [6, 6.07) is 16.6. The highest BCUT2D eigenvalue weighted by Crippen LogP contribution is 2.31. The van der Waals surface area contributed by atoms with E-state index in [2.05, 4.69) is 4.72 Å². The fourth-order valence-corrected chi connectivity index (χ4v) is 4.45. The Morgan fingerprint density at radius 2 is 1.72 bits per heavy atom. The maximum Gasteiger partial charge on any atom is 0.261 e. The van der Waals surface area contributed by atoms with Crippen molar-refractivity contribution in [1.82, 2.24) is 0 Å². The second-order valence-corrected chi connectivity index (χ2v) is 8.77. The Labute approximate surface area is 152 Å². The van der Waals surface area contributed by atoms with Gasteiger partial charge in [0.05, 0.1) is 10.6 Å². The molecule has 0 radical (unpaired) electrons. The zero-order valence-electron chi connectivity index (χ0n) is 14.1. The van der Waals surface area contributed by atoms with Gasteiger partial charge >= 0.3 is 0 Å². The molecule has 0 aliphatic heterocycles. The average Bonchev–Trinajstić information content (AvgIpc) is 3.06. The van der Waals surface area contributed by atoms with Gasteiger partial charge in [0.25, 0.3) is 10.0 Å². The monoisotopic (exact) mass is 372 g/mol. The number of hydrogen-bond donors (Lipinski definition) is 2. The molecule has 0 unspecified atom stereocenters. The molecule has 0 amide bonds. The quantitative estimate of drug-likeness (QED) is 0.702. The molecule has 1 aromatic heterocycles. The molecular weight excluding hydrogens is 352 g/mol. The van der Waals surface area contributed by atoms with Gasteiger partial charge < -0.3 is 5.73 Å². The van der Waals surface area contributed by atoms with Gasteiger partial charge in [0.15, 0.2) is 0 Å². The number of aryl methyl sites for hydroxylation is 2. The van der Waals surface area contributed by atoms with Gasteiger partial charge in [0.2, 0.25) is 0 Å². The molecule has 0 bridgehead atoms. The fourth-order valence-electron chi connectivity index (χ4n) is 2.45. The van der Waals surface area contributed by atoms with Crippen LogP contribution in [0.3, 0.4) is 0 Å². The largest absolute Gasteiger partial charge is 0.326 e. The van der Waals surface area contributed by atoms with Crippen molar-refractivity contribution in [3.63, 3.8) is 0 Å². The van der Waals surface area contributed by atoms with Crippen LogP contribution in [0.4, 0.5) is 5.69 Å². The first-order valence-corrected chi connectivity index (χ1v) is 10.2. The molecule has 0 fully saturated rings. The topological polar surface area (TPSA) is 72.2 Å². The first-order valence-electron chi connectivity index (χ1n) is 7.88.